The van der Waals surface area contributed by atoms with E-state index in [2.05, 4.69) is 25.9 Å². The second kappa shape index (κ2) is 5.41. The number of nitrogens with zero attached hydrogens (tertiary/aromatic N) is 1. The fourth-order valence-electron chi connectivity index (χ4n) is 1.61. The van der Waals surface area contributed by atoms with E-state index in [4.69, 9.17) is 5.73 Å². The van der Waals surface area contributed by atoms with Crippen LogP contribution in [0, 0.1) is 5.82 Å². The molecule has 0 amide bonds. The van der Waals surface area contributed by atoms with Gasteiger partial charge in [0.25, 0.3) is 5.56 Å². The minimum Gasteiger partial charge on any atom is -0.330 e. The maximum Gasteiger partial charge on any atom is 0.251 e. The summed E-state index contributed by atoms with van der Waals surface area (Å²) in [6, 6.07) is 5.74. The van der Waals surface area contributed by atoms with Crippen LogP contribution in [0.15, 0.2) is 33.5 Å². The van der Waals surface area contributed by atoms with E-state index in [1.807, 2.05) is 0 Å². The quantitative estimate of drug-likeness (QED) is 0.908. The molecule has 2 aromatic rings. The first-order chi connectivity index (χ1) is 8.58. The average molecular weight is 312 g/mol. The van der Waals surface area contributed by atoms with Gasteiger partial charge in [0.15, 0.2) is 0 Å². The maximum atomic E-state index is 13.3. The second-order valence-corrected chi connectivity index (χ2v) is 4.70. The lowest BCUT2D eigenvalue weighted by atomic mass is 10.2. The minimum absolute atomic E-state index is 0.274. The van der Waals surface area contributed by atoms with E-state index in [-0.39, 0.29) is 5.56 Å². The van der Waals surface area contributed by atoms with Crippen molar-refractivity contribution in [1.82, 2.24) is 9.97 Å². The van der Waals surface area contributed by atoms with Crippen LogP contribution < -0.4 is 11.3 Å². The van der Waals surface area contributed by atoms with Gasteiger partial charge in [-0.3, -0.25) is 4.79 Å². The van der Waals surface area contributed by atoms with Crippen LogP contribution in [0.1, 0.15) is 5.69 Å². The number of aromatic nitrogens is 2. The molecule has 0 aliphatic carbocycles. The van der Waals surface area contributed by atoms with Crippen molar-refractivity contribution in [3.05, 3.63) is 50.6 Å². The third kappa shape index (κ3) is 3.02. The van der Waals surface area contributed by atoms with Gasteiger partial charge in [-0.1, -0.05) is 15.9 Å². The van der Waals surface area contributed by atoms with Gasteiger partial charge >= 0.3 is 0 Å². The second-order valence-electron chi connectivity index (χ2n) is 3.78. The summed E-state index contributed by atoms with van der Waals surface area (Å²) < 4.78 is 13.9. The molecule has 6 heteroatoms. The highest BCUT2D eigenvalue weighted by Crippen LogP contribution is 2.21. The lowest BCUT2D eigenvalue weighted by Gasteiger charge is -2.04. The van der Waals surface area contributed by atoms with E-state index in [9.17, 15) is 9.18 Å². The Morgan fingerprint density at radius 1 is 1.33 bits per heavy atom. The summed E-state index contributed by atoms with van der Waals surface area (Å²) >= 11 is 3.20. The number of hydrogen-bond donors (Lipinski definition) is 2. The highest BCUT2D eigenvalue weighted by Gasteiger charge is 2.06. The highest BCUT2D eigenvalue weighted by atomic mass is 79.9. The van der Waals surface area contributed by atoms with Crippen molar-refractivity contribution in [3.63, 3.8) is 0 Å². The van der Waals surface area contributed by atoms with Gasteiger partial charge in [-0.2, -0.15) is 0 Å². The van der Waals surface area contributed by atoms with E-state index in [0.29, 0.717) is 34.5 Å². The molecule has 1 heterocycles. The fourth-order valence-corrected chi connectivity index (χ4v) is 2.08. The Morgan fingerprint density at radius 3 is 2.78 bits per heavy atom. The SMILES string of the molecule is NCCc1cc(=O)[nH]c(-c2cc(F)cc(Br)c2)n1. The molecular weight excluding hydrogens is 301 g/mol. The monoisotopic (exact) mass is 311 g/mol. The van der Waals surface area contributed by atoms with Gasteiger partial charge in [0.1, 0.15) is 11.6 Å². The maximum absolute atomic E-state index is 13.3. The van der Waals surface area contributed by atoms with Gasteiger partial charge in [-0.05, 0) is 24.7 Å². The topological polar surface area (TPSA) is 71.8 Å². The predicted molar refractivity (Wildman–Crippen MR) is 70.7 cm³/mol. The number of aromatic amines is 1. The van der Waals surface area contributed by atoms with E-state index in [1.54, 1.807) is 6.07 Å². The van der Waals surface area contributed by atoms with Gasteiger partial charge in [0, 0.05) is 28.2 Å². The van der Waals surface area contributed by atoms with Gasteiger partial charge in [-0.25, -0.2) is 9.37 Å². The zero-order chi connectivity index (χ0) is 13.1. The zero-order valence-corrected chi connectivity index (χ0v) is 11.0. The number of H-pyrrole nitrogens is 1. The highest BCUT2D eigenvalue weighted by molar-refractivity contribution is 9.10. The molecule has 0 spiro atoms. The molecule has 1 aromatic carbocycles. The molecule has 0 saturated carbocycles. The van der Waals surface area contributed by atoms with Crippen molar-refractivity contribution in [2.24, 2.45) is 5.73 Å². The molecule has 18 heavy (non-hydrogen) atoms. The summed E-state index contributed by atoms with van der Waals surface area (Å²) in [6.45, 7) is 0.405. The molecule has 1 aromatic heterocycles. The van der Waals surface area contributed by atoms with Crippen molar-refractivity contribution in [1.29, 1.82) is 0 Å². The molecule has 4 nitrogen and oxygen atoms in total. The number of nitrogens with two attached hydrogens (primary N) is 1. The summed E-state index contributed by atoms with van der Waals surface area (Å²) in [4.78, 5) is 18.3. The van der Waals surface area contributed by atoms with Crippen molar-refractivity contribution in [2.45, 2.75) is 6.42 Å². The van der Waals surface area contributed by atoms with E-state index in [0.717, 1.165) is 0 Å². The van der Waals surface area contributed by atoms with Crippen LogP contribution in [-0.2, 0) is 6.42 Å². The molecule has 94 valence electrons. The first-order valence-electron chi connectivity index (χ1n) is 5.35. The summed E-state index contributed by atoms with van der Waals surface area (Å²) in [5.74, 6) is -0.0580. The summed E-state index contributed by atoms with van der Waals surface area (Å²) in [6.07, 6.45) is 0.507. The molecule has 0 saturated heterocycles. The Hall–Kier alpha value is -1.53. The molecule has 0 atom stereocenters. The van der Waals surface area contributed by atoms with Crippen molar-refractivity contribution in [3.8, 4) is 11.4 Å². The molecule has 0 fully saturated rings. The summed E-state index contributed by atoms with van der Waals surface area (Å²) in [7, 11) is 0. The van der Waals surface area contributed by atoms with Crippen LogP contribution in [0.2, 0.25) is 0 Å². The number of nitrogens with one attached hydrogen (secondary N) is 1. The first-order valence-corrected chi connectivity index (χ1v) is 6.14. The Kier molecular flexibility index (Phi) is 3.88. The largest absolute Gasteiger partial charge is 0.330 e. The fraction of sp³-hybridized carbons (Fsp3) is 0.167. The van der Waals surface area contributed by atoms with Gasteiger partial charge in [0.2, 0.25) is 0 Å². The molecule has 0 aliphatic heterocycles. The van der Waals surface area contributed by atoms with Crippen LogP contribution >= 0.6 is 15.9 Å². The van der Waals surface area contributed by atoms with E-state index >= 15 is 0 Å². The average Bonchev–Trinajstić information content (AvgIpc) is 2.27. The minimum atomic E-state index is -0.397. The molecule has 0 bridgehead atoms. The number of benzene rings is 1. The number of halogens is 2. The zero-order valence-electron chi connectivity index (χ0n) is 9.41. The van der Waals surface area contributed by atoms with Crippen LogP contribution in [0.4, 0.5) is 4.39 Å². The Morgan fingerprint density at radius 2 is 2.11 bits per heavy atom. The van der Waals surface area contributed by atoms with Crippen LogP contribution in [0.5, 0.6) is 0 Å². The standard InChI is InChI=1S/C12H11BrFN3O/c13-8-3-7(4-9(14)5-8)12-16-10(1-2-15)6-11(18)17-12/h3-6H,1-2,15H2,(H,16,17,18). The normalized spacial score (nSPS) is 10.6. The third-order valence-corrected chi connectivity index (χ3v) is 2.79. The molecule has 3 N–H and O–H groups in total. The molecule has 0 unspecified atom stereocenters. The lowest BCUT2D eigenvalue weighted by Crippen LogP contribution is -2.13. The number of hydrogen-bond acceptors (Lipinski definition) is 3. The van der Waals surface area contributed by atoms with Gasteiger partial charge in [-0.15, -0.1) is 0 Å². The van der Waals surface area contributed by atoms with Crippen molar-refractivity contribution < 1.29 is 4.39 Å². The van der Waals surface area contributed by atoms with Gasteiger partial charge < -0.3 is 10.7 Å². The van der Waals surface area contributed by atoms with Crippen molar-refractivity contribution in [2.75, 3.05) is 6.54 Å². The van der Waals surface area contributed by atoms with Crippen LogP contribution in [-0.4, -0.2) is 16.5 Å². The Labute approximate surface area is 111 Å². The number of rotatable bonds is 3. The van der Waals surface area contributed by atoms with Crippen LogP contribution in [0.25, 0.3) is 11.4 Å². The van der Waals surface area contributed by atoms with E-state index < -0.39 is 5.82 Å². The Bertz CT molecular complexity index is 607. The first kappa shape index (κ1) is 12.9. The lowest BCUT2D eigenvalue weighted by molar-refractivity contribution is 0.627. The Balaban J connectivity index is 2.52. The van der Waals surface area contributed by atoms with E-state index in [1.165, 1.54) is 18.2 Å². The smallest absolute Gasteiger partial charge is 0.251 e. The van der Waals surface area contributed by atoms with Gasteiger partial charge in [0.05, 0.1) is 0 Å². The van der Waals surface area contributed by atoms with Crippen LogP contribution in [0.3, 0.4) is 0 Å². The summed E-state index contributed by atoms with van der Waals surface area (Å²) in [5.41, 5.74) is 6.26. The third-order valence-electron chi connectivity index (χ3n) is 2.33. The van der Waals surface area contributed by atoms with Crippen molar-refractivity contribution >= 4 is 15.9 Å². The molecule has 2 rings (SSSR count). The predicted octanol–water partition coefficient (Wildman–Crippen LogP) is 1.84. The molecule has 0 radical (unpaired) electrons. The summed E-state index contributed by atoms with van der Waals surface area (Å²) in [5, 5.41) is 0. The molecule has 0 aliphatic rings. The molecular formula is C12H11BrFN3O.